The van der Waals surface area contributed by atoms with E-state index in [0.29, 0.717) is 17.1 Å². The van der Waals surface area contributed by atoms with Gasteiger partial charge in [-0.25, -0.2) is 0 Å². The Hall–Kier alpha value is -3.22. The summed E-state index contributed by atoms with van der Waals surface area (Å²) in [6, 6.07) is 10.7. The SMILES string of the molecule is Cc1cccc(C)c1OCCOC(=O)CNC(=O)c1ccc2c(c1)OCO2. The number of aryl methyl sites for hydroxylation is 2. The molecule has 1 N–H and O–H groups in total. The topological polar surface area (TPSA) is 83.1 Å². The van der Waals surface area contributed by atoms with Crippen LogP contribution in [0.3, 0.4) is 0 Å². The molecule has 0 atom stereocenters. The zero-order valence-electron chi connectivity index (χ0n) is 15.2. The largest absolute Gasteiger partial charge is 0.489 e. The Kier molecular flexibility index (Phi) is 5.80. The Morgan fingerprint density at radius 2 is 1.78 bits per heavy atom. The first-order valence-electron chi connectivity index (χ1n) is 8.57. The van der Waals surface area contributed by atoms with E-state index in [2.05, 4.69) is 5.32 Å². The molecule has 0 aromatic heterocycles. The molecule has 1 aliphatic rings. The van der Waals surface area contributed by atoms with Gasteiger partial charge in [-0.3, -0.25) is 9.59 Å². The maximum atomic E-state index is 12.1. The van der Waals surface area contributed by atoms with Crippen LogP contribution in [-0.2, 0) is 9.53 Å². The number of fused-ring (bicyclic) bond motifs is 1. The second-order valence-corrected chi connectivity index (χ2v) is 6.04. The van der Waals surface area contributed by atoms with Crippen LogP contribution in [0.15, 0.2) is 36.4 Å². The molecule has 0 unspecified atom stereocenters. The summed E-state index contributed by atoms with van der Waals surface area (Å²) in [5.74, 6) is 0.972. The minimum Gasteiger partial charge on any atom is -0.489 e. The van der Waals surface area contributed by atoms with E-state index in [-0.39, 0.29) is 26.6 Å². The van der Waals surface area contributed by atoms with Crippen molar-refractivity contribution in [1.29, 1.82) is 0 Å². The third-order valence-electron chi connectivity index (χ3n) is 4.03. The molecule has 3 rings (SSSR count). The highest BCUT2D eigenvalue weighted by atomic mass is 16.7. The Morgan fingerprint density at radius 1 is 1.04 bits per heavy atom. The van der Waals surface area contributed by atoms with Crippen LogP contribution >= 0.6 is 0 Å². The molecule has 2 aromatic carbocycles. The van der Waals surface area contributed by atoms with Gasteiger partial charge in [0.1, 0.15) is 25.5 Å². The zero-order valence-corrected chi connectivity index (χ0v) is 15.2. The minimum absolute atomic E-state index is 0.104. The fraction of sp³-hybridized carbons (Fsp3) is 0.300. The lowest BCUT2D eigenvalue weighted by molar-refractivity contribution is -0.143. The van der Waals surface area contributed by atoms with Crippen LogP contribution in [0, 0.1) is 13.8 Å². The van der Waals surface area contributed by atoms with Crippen LogP contribution < -0.4 is 19.5 Å². The number of rotatable bonds is 7. The Bertz CT molecular complexity index is 828. The van der Waals surface area contributed by atoms with Crippen molar-refractivity contribution in [2.45, 2.75) is 13.8 Å². The third-order valence-corrected chi connectivity index (χ3v) is 4.03. The molecular formula is C20H21NO6. The standard InChI is InChI=1S/C20H21NO6/c1-13-4-3-5-14(2)19(13)25-9-8-24-18(22)11-21-20(23)15-6-7-16-17(10-15)27-12-26-16/h3-7,10H,8-9,11-12H2,1-2H3,(H,21,23). The molecule has 2 aromatic rings. The average molecular weight is 371 g/mol. The number of benzene rings is 2. The second-order valence-electron chi connectivity index (χ2n) is 6.04. The Morgan fingerprint density at radius 3 is 2.56 bits per heavy atom. The van der Waals surface area contributed by atoms with Crippen molar-refractivity contribution in [3.63, 3.8) is 0 Å². The third kappa shape index (κ3) is 4.69. The van der Waals surface area contributed by atoms with E-state index in [4.69, 9.17) is 18.9 Å². The summed E-state index contributed by atoms with van der Waals surface area (Å²) in [5.41, 5.74) is 2.43. The molecule has 7 nitrogen and oxygen atoms in total. The molecule has 0 saturated carbocycles. The van der Waals surface area contributed by atoms with Gasteiger partial charge < -0.3 is 24.3 Å². The lowest BCUT2D eigenvalue weighted by atomic mass is 10.1. The fourth-order valence-electron chi connectivity index (χ4n) is 2.67. The predicted molar refractivity (Wildman–Crippen MR) is 97.3 cm³/mol. The number of esters is 1. The molecule has 0 bridgehead atoms. The Balaban J connectivity index is 1.39. The lowest BCUT2D eigenvalue weighted by Gasteiger charge is -2.12. The first kappa shape index (κ1) is 18.6. The van der Waals surface area contributed by atoms with E-state index in [1.807, 2.05) is 32.0 Å². The van der Waals surface area contributed by atoms with Gasteiger partial charge in [0.15, 0.2) is 11.5 Å². The van der Waals surface area contributed by atoms with Crippen molar-refractivity contribution >= 4 is 11.9 Å². The molecule has 1 heterocycles. The summed E-state index contributed by atoms with van der Waals surface area (Å²) in [7, 11) is 0. The van der Waals surface area contributed by atoms with Crippen LogP contribution in [-0.4, -0.2) is 38.4 Å². The van der Waals surface area contributed by atoms with Crippen molar-refractivity contribution in [2.75, 3.05) is 26.6 Å². The molecule has 142 valence electrons. The van der Waals surface area contributed by atoms with E-state index in [1.54, 1.807) is 18.2 Å². The van der Waals surface area contributed by atoms with Gasteiger partial charge in [-0.05, 0) is 43.2 Å². The van der Waals surface area contributed by atoms with Gasteiger partial charge in [0.05, 0.1) is 0 Å². The molecular weight excluding hydrogens is 350 g/mol. The van der Waals surface area contributed by atoms with E-state index in [1.165, 1.54) is 0 Å². The molecule has 0 aliphatic carbocycles. The average Bonchev–Trinajstić information content (AvgIpc) is 3.13. The summed E-state index contributed by atoms with van der Waals surface area (Å²) in [6.07, 6.45) is 0. The fourth-order valence-corrected chi connectivity index (χ4v) is 2.67. The lowest BCUT2D eigenvalue weighted by Crippen LogP contribution is -2.31. The van der Waals surface area contributed by atoms with Crippen LogP contribution in [0.25, 0.3) is 0 Å². The molecule has 27 heavy (non-hydrogen) atoms. The van der Waals surface area contributed by atoms with Gasteiger partial charge in [0.25, 0.3) is 5.91 Å². The van der Waals surface area contributed by atoms with Crippen LogP contribution in [0.4, 0.5) is 0 Å². The van der Waals surface area contributed by atoms with Crippen molar-refractivity contribution in [3.8, 4) is 17.2 Å². The zero-order chi connectivity index (χ0) is 19.2. The Labute approximate surface area is 157 Å². The summed E-state index contributed by atoms with van der Waals surface area (Å²) in [6.45, 7) is 4.17. The molecule has 0 fully saturated rings. The summed E-state index contributed by atoms with van der Waals surface area (Å²) < 4.78 is 21.2. The molecule has 0 saturated heterocycles. The van der Waals surface area contributed by atoms with Gasteiger partial charge >= 0.3 is 5.97 Å². The number of hydrogen-bond donors (Lipinski definition) is 1. The van der Waals surface area contributed by atoms with Crippen LogP contribution in [0.2, 0.25) is 0 Å². The maximum absolute atomic E-state index is 12.1. The van der Waals surface area contributed by atoms with Gasteiger partial charge in [0.2, 0.25) is 6.79 Å². The molecule has 7 heteroatoms. The number of carbonyl (C=O) groups is 2. The summed E-state index contributed by atoms with van der Waals surface area (Å²) in [5, 5.41) is 2.52. The number of amides is 1. The number of nitrogens with one attached hydrogen (secondary N) is 1. The molecule has 1 aliphatic heterocycles. The van der Waals surface area contributed by atoms with E-state index < -0.39 is 11.9 Å². The van der Waals surface area contributed by atoms with Crippen molar-refractivity contribution < 1.29 is 28.5 Å². The van der Waals surface area contributed by atoms with Gasteiger partial charge in [-0.15, -0.1) is 0 Å². The van der Waals surface area contributed by atoms with E-state index >= 15 is 0 Å². The van der Waals surface area contributed by atoms with Gasteiger partial charge in [0, 0.05) is 5.56 Å². The van der Waals surface area contributed by atoms with Crippen molar-refractivity contribution in [2.24, 2.45) is 0 Å². The summed E-state index contributed by atoms with van der Waals surface area (Å²) >= 11 is 0. The van der Waals surface area contributed by atoms with Gasteiger partial charge in [-0.2, -0.15) is 0 Å². The van der Waals surface area contributed by atoms with E-state index in [9.17, 15) is 9.59 Å². The molecule has 0 spiro atoms. The van der Waals surface area contributed by atoms with Crippen LogP contribution in [0.5, 0.6) is 17.2 Å². The first-order chi connectivity index (χ1) is 13.0. The number of carbonyl (C=O) groups excluding carboxylic acids is 2. The number of ether oxygens (including phenoxy) is 4. The molecule has 1 amide bonds. The summed E-state index contributed by atoms with van der Waals surface area (Å²) in [4.78, 5) is 23.9. The highest BCUT2D eigenvalue weighted by molar-refractivity contribution is 5.96. The second kappa shape index (κ2) is 8.44. The maximum Gasteiger partial charge on any atom is 0.325 e. The number of hydrogen-bond acceptors (Lipinski definition) is 6. The van der Waals surface area contributed by atoms with E-state index in [0.717, 1.165) is 16.9 Å². The highest BCUT2D eigenvalue weighted by Gasteiger charge is 2.16. The van der Waals surface area contributed by atoms with Crippen molar-refractivity contribution in [1.82, 2.24) is 5.32 Å². The number of para-hydroxylation sites is 1. The normalized spacial score (nSPS) is 11.8. The highest BCUT2D eigenvalue weighted by Crippen LogP contribution is 2.32. The molecule has 0 radical (unpaired) electrons. The first-order valence-corrected chi connectivity index (χ1v) is 8.57. The smallest absolute Gasteiger partial charge is 0.325 e. The van der Waals surface area contributed by atoms with Gasteiger partial charge in [-0.1, -0.05) is 18.2 Å². The predicted octanol–water partition coefficient (Wildman–Crippen LogP) is 2.38. The monoisotopic (exact) mass is 371 g/mol. The minimum atomic E-state index is -0.533. The van der Waals surface area contributed by atoms with Crippen LogP contribution in [0.1, 0.15) is 21.5 Å². The quantitative estimate of drug-likeness (QED) is 0.594. The van der Waals surface area contributed by atoms with Crippen molar-refractivity contribution in [3.05, 3.63) is 53.1 Å².